The first-order chi connectivity index (χ1) is 8.06. The number of rotatable bonds is 3. The minimum absolute atomic E-state index is 0.152. The number of hydrogen-bond acceptors (Lipinski definition) is 3. The molecule has 2 aromatic rings. The van der Waals surface area contributed by atoms with E-state index in [0.717, 1.165) is 0 Å². The standard InChI is InChI=1S/C10H9BClFN2O2/c12-8-4-14-15(6-8)5-7-1-2-10(13)9(3-7)11(16)17/h1-4,6,16-17H,5H2. The van der Waals surface area contributed by atoms with E-state index in [-0.39, 0.29) is 5.46 Å². The maximum atomic E-state index is 13.2. The van der Waals surface area contributed by atoms with Gasteiger partial charge in [-0.3, -0.25) is 4.68 Å². The van der Waals surface area contributed by atoms with E-state index in [1.807, 2.05) is 0 Å². The Bertz CT molecular complexity index is 533. The largest absolute Gasteiger partial charge is 0.491 e. The van der Waals surface area contributed by atoms with Crippen LogP contribution in [0.2, 0.25) is 5.02 Å². The molecule has 0 unspecified atom stereocenters. The minimum Gasteiger partial charge on any atom is -0.423 e. The molecule has 2 N–H and O–H groups in total. The van der Waals surface area contributed by atoms with Crippen LogP contribution in [-0.2, 0) is 6.54 Å². The molecule has 88 valence electrons. The highest BCUT2D eigenvalue weighted by atomic mass is 35.5. The predicted octanol–water partition coefficient (Wildman–Crippen LogP) is 0.404. The first-order valence-corrected chi connectivity index (χ1v) is 5.26. The van der Waals surface area contributed by atoms with E-state index in [4.69, 9.17) is 21.6 Å². The average Bonchev–Trinajstić information content (AvgIpc) is 2.66. The molecule has 0 amide bonds. The van der Waals surface area contributed by atoms with Crippen LogP contribution in [0.3, 0.4) is 0 Å². The van der Waals surface area contributed by atoms with Gasteiger partial charge in [0.1, 0.15) is 5.82 Å². The van der Waals surface area contributed by atoms with Gasteiger partial charge in [-0.15, -0.1) is 0 Å². The molecule has 1 aromatic carbocycles. The van der Waals surface area contributed by atoms with Crippen molar-refractivity contribution in [1.29, 1.82) is 0 Å². The van der Waals surface area contributed by atoms with Crippen molar-refractivity contribution in [2.24, 2.45) is 0 Å². The van der Waals surface area contributed by atoms with Gasteiger partial charge in [-0.2, -0.15) is 5.10 Å². The minimum atomic E-state index is -1.82. The molecule has 2 rings (SSSR count). The summed E-state index contributed by atoms with van der Waals surface area (Å²) in [6.45, 7) is 0.382. The molecular formula is C10H9BClFN2O2. The van der Waals surface area contributed by atoms with Gasteiger partial charge in [0.25, 0.3) is 0 Å². The van der Waals surface area contributed by atoms with Crippen LogP contribution in [-0.4, -0.2) is 26.9 Å². The highest BCUT2D eigenvalue weighted by Crippen LogP contribution is 2.08. The van der Waals surface area contributed by atoms with Crippen molar-refractivity contribution in [3.8, 4) is 0 Å². The SMILES string of the molecule is OB(O)c1cc(Cn2cc(Cl)cn2)ccc1F. The van der Waals surface area contributed by atoms with E-state index in [2.05, 4.69) is 5.10 Å². The molecule has 0 atom stereocenters. The monoisotopic (exact) mass is 254 g/mol. The highest BCUT2D eigenvalue weighted by Gasteiger charge is 2.16. The lowest BCUT2D eigenvalue weighted by molar-refractivity contribution is 0.423. The smallest absolute Gasteiger partial charge is 0.423 e. The van der Waals surface area contributed by atoms with Crippen LogP contribution in [0.5, 0.6) is 0 Å². The van der Waals surface area contributed by atoms with E-state index < -0.39 is 12.9 Å². The fraction of sp³-hybridized carbons (Fsp3) is 0.100. The number of aromatic nitrogens is 2. The lowest BCUT2D eigenvalue weighted by Gasteiger charge is -2.06. The molecule has 1 aromatic heterocycles. The van der Waals surface area contributed by atoms with Gasteiger partial charge in [-0.25, -0.2) is 4.39 Å². The summed E-state index contributed by atoms with van der Waals surface area (Å²) in [5.41, 5.74) is 0.551. The fourth-order valence-corrected chi connectivity index (χ4v) is 1.66. The molecule has 0 saturated heterocycles. The summed E-state index contributed by atoms with van der Waals surface area (Å²) in [5.74, 6) is -0.651. The molecule has 17 heavy (non-hydrogen) atoms. The van der Waals surface area contributed by atoms with Crippen molar-refractivity contribution in [3.05, 3.63) is 47.0 Å². The zero-order valence-electron chi connectivity index (χ0n) is 8.72. The highest BCUT2D eigenvalue weighted by molar-refractivity contribution is 6.58. The van der Waals surface area contributed by atoms with Crippen molar-refractivity contribution in [2.75, 3.05) is 0 Å². The summed E-state index contributed by atoms with van der Waals surface area (Å²) in [5, 5.41) is 22.4. The summed E-state index contributed by atoms with van der Waals surface area (Å²) < 4.78 is 14.8. The van der Waals surface area contributed by atoms with Gasteiger partial charge < -0.3 is 10.0 Å². The lowest BCUT2D eigenvalue weighted by atomic mass is 9.79. The van der Waals surface area contributed by atoms with Crippen LogP contribution >= 0.6 is 11.6 Å². The van der Waals surface area contributed by atoms with Gasteiger partial charge in [0.2, 0.25) is 0 Å². The summed E-state index contributed by atoms with van der Waals surface area (Å²) in [6, 6.07) is 4.13. The third-order valence-corrected chi connectivity index (χ3v) is 2.48. The van der Waals surface area contributed by atoms with Crippen LogP contribution in [0, 0.1) is 5.82 Å². The Balaban J connectivity index is 2.25. The molecule has 7 heteroatoms. The van der Waals surface area contributed by atoms with Crippen molar-refractivity contribution < 1.29 is 14.4 Å². The van der Waals surface area contributed by atoms with E-state index >= 15 is 0 Å². The Morgan fingerprint density at radius 2 is 2.18 bits per heavy atom. The lowest BCUT2D eigenvalue weighted by Crippen LogP contribution is -2.33. The molecule has 0 aliphatic heterocycles. The first-order valence-electron chi connectivity index (χ1n) is 4.88. The van der Waals surface area contributed by atoms with Crippen molar-refractivity contribution >= 4 is 24.2 Å². The molecule has 0 aliphatic rings. The molecule has 0 bridgehead atoms. The van der Waals surface area contributed by atoms with E-state index in [1.54, 1.807) is 16.9 Å². The normalized spacial score (nSPS) is 10.6. The molecular weight excluding hydrogens is 245 g/mol. The van der Waals surface area contributed by atoms with E-state index in [9.17, 15) is 4.39 Å². The van der Waals surface area contributed by atoms with E-state index in [0.29, 0.717) is 17.1 Å². The number of nitrogens with zero attached hydrogens (tertiary/aromatic N) is 2. The second-order valence-corrected chi connectivity index (χ2v) is 4.02. The quantitative estimate of drug-likeness (QED) is 0.780. The molecule has 1 heterocycles. The van der Waals surface area contributed by atoms with Crippen molar-refractivity contribution in [3.63, 3.8) is 0 Å². The Morgan fingerprint density at radius 1 is 1.41 bits per heavy atom. The molecule has 0 radical (unpaired) electrons. The van der Waals surface area contributed by atoms with Crippen LogP contribution in [0.25, 0.3) is 0 Å². The third-order valence-electron chi connectivity index (χ3n) is 2.28. The van der Waals surface area contributed by atoms with Gasteiger partial charge in [0.15, 0.2) is 0 Å². The fourth-order valence-electron chi connectivity index (χ4n) is 1.50. The Morgan fingerprint density at radius 3 is 2.76 bits per heavy atom. The van der Waals surface area contributed by atoms with E-state index in [1.165, 1.54) is 18.3 Å². The van der Waals surface area contributed by atoms with Gasteiger partial charge in [0.05, 0.1) is 17.8 Å². The van der Waals surface area contributed by atoms with Crippen molar-refractivity contribution in [1.82, 2.24) is 9.78 Å². The topological polar surface area (TPSA) is 58.3 Å². The number of hydrogen-bond donors (Lipinski definition) is 2. The Hall–Kier alpha value is -1.37. The average molecular weight is 254 g/mol. The molecule has 4 nitrogen and oxygen atoms in total. The second kappa shape index (κ2) is 4.87. The second-order valence-electron chi connectivity index (χ2n) is 3.59. The van der Waals surface area contributed by atoms with Gasteiger partial charge in [-0.1, -0.05) is 23.7 Å². The predicted molar refractivity (Wildman–Crippen MR) is 62.6 cm³/mol. The molecule has 0 saturated carbocycles. The molecule has 0 fully saturated rings. The van der Waals surface area contributed by atoms with Gasteiger partial charge in [0, 0.05) is 11.7 Å². The summed E-state index contributed by atoms with van der Waals surface area (Å²) in [6.07, 6.45) is 3.12. The van der Waals surface area contributed by atoms with Gasteiger partial charge in [-0.05, 0) is 11.6 Å². The van der Waals surface area contributed by atoms with Gasteiger partial charge >= 0.3 is 7.12 Å². The zero-order valence-corrected chi connectivity index (χ0v) is 9.47. The number of halogens is 2. The van der Waals surface area contributed by atoms with Crippen molar-refractivity contribution in [2.45, 2.75) is 6.54 Å². The Kier molecular flexibility index (Phi) is 3.47. The molecule has 0 aliphatic carbocycles. The summed E-state index contributed by atoms with van der Waals surface area (Å²) >= 11 is 5.71. The first kappa shape index (κ1) is 12.1. The maximum absolute atomic E-state index is 13.2. The Labute approximate surface area is 102 Å². The third kappa shape index (κ3) is 2.85. The van der Waals surface area contributed by atoms with Crippen LogP contribution in [0.1, 0.15) is 5.56 Å². The summed E-state index contributed by atoms with van der Waals surface area (Å²) in [4.78, 5) is 0. The summed E-state index contributed by atoms with van der Waals surface area (Å²) in [7, 11) is -1.82. The van der Waals surface area contributed by atoms with Crippen LogP contribution in [0.15, 0.2) is 30.6 Å². The maximum Gasteiger partial charge on any atom is 0.491 e. The van der Waals surface area contributed by atoms with Crippen LogP contribution in [0.4, 0.5) is 4.39 Å². The zero-order chi connectivity index (χ0) is 12.4. The number of benzene rings is 1. The molecule has 0 spiro atoms. The van der Waals surface area contributed by atoms with Crippen LogP contribution < -0.4 is 5.46 Å².